The van der Waals surface area contributed by atoms with E-state index in [9.17, 15) is 0 Å². The highest BCUT2D eigenvalue weighted by molar-refractivity contribution is 5.59. The second kappa shape index (κ2) is 2.69. The monoisotopic (exact) mass is 177 g/mol. The summed E-state index contributed by atoms with van der Waals surface area (Å²) in [5.41, 5.74) is 7.54. The first-order chi connectivity index (χ1) is 6.20. The summed E-state index contributed by atoms with van der Waals surface area (Å²) in [6.45, 7) is 4.13. The van der Waals surface area contributed by atoms with Crippen molar-refractivity contribution in [3.63, 3.8) is 0 Å². The summed E-state index contributed by atoms with van der Waals surface area (Å²) in [7, 11) is 0. The van der Waals surface area contributed by atoms with Gasteiger partial charge in [-0.15, -0.1) is 5.10 Å². The SMILES string of the molecule is CC(C)c1c(N)nn2cncnc12. The zero-order valence-electron chi connectivity index (χ0n) is 7.60. The summed E-state index contributed by atoms with van der Waals surface area (Å²) in [6.07, 6.45) is 3.10. The molecule has 2 N–H and O–H groups in total. The average Bonchev–Trinajstić information content (AvgIpc) is 2.39. The molecule has 2 aromatic rings. The van der Waals surface area contributed by atoms with Crippen LogP contribution in [0, 0.1) is 0 Å². The van der Waals surface area contributed by atoms with Gasteiger partial charge < -0.3 is 5.73 Å². The van der Waals surface area contributed by atoms with Gasteiger partial charge in [0.25, 0.3) is 0 Å². The Bertz CT molecular complexity index is 431. The summed E-state index contributed by atoms with van der Waals surface area (Å²) in [5, 5.41) is 4.10. The van der Waals surface area contributed by atoms with Crippen LogP contribution in [0.5, 0.6) is 0 Å². The number of nitrogens with zero attached hydrogens (tertiary/aromatic N) is 4. The van der Waals surface area contributed by atoms with Crippen molar-refractivity contribution in [2.24, 2.45) is 0 Å². The summed E-state index contributed by atoms with van der Waals surface area (Å²) < 4.78 is 1.60. The van der Waals surface area contributed by atoms with Crippen LogP contribution in [-0.4, -0.2) is 19.6 Å². The van der Waals surface area contributed by atoms with E-state index in [0.29, 0.717) is 11.7 Å². The minimum Gasteiger partial charge on any atom is -0.382 e. The van der Waals surface area contributed by atoms with Crippen LogP contribution in [0.3, 0.4) is 0 Å². The van der Waals surface area contributed by atoms with Crippen molar-refractivity contribution < 1.29 is 0 Å². The molecule has 0 aliphatic rings. The number of anilines is 1. The molecule has 0 aromatic carbocycles. The third-order valence-corrected chi connectivity index (χ3v) is 1.95. The van der Waals surface area contributed by atoms with E-state index in [1.165, 1.54) is 6.33 Å². The van der Waals surface area contributed by atoms with Gasteiger partial charge in [0.05, 0.1) is 0 Å². The maximum absolute atomic E-state index is 5.75. The molecule has 0 radical (unpaired) electrons. The van der Waals surface area contributed by atoms with Crippen molar-refractivity contribution in [1.29, 1.82) is 0 Å². The predicted molar refractivity (Wildman–Crippen MR) is 49.3 cm³/mol. The predicted octanol–water partition coefficient (Wildman–Crippen LogP) is 0.830. The molecule has 0 fully saturated rings. The van der Waals surface area contributed by atoms with Crippen LogP contribution in [0.4, 0.5) is 5.82 Å². The van der Waals surface area contributed by atoms with Gasteiger partial charge in [-0.2, -0.15) is 0 Å². The van der Waals surface area contributed by atoms with Crippen molar-refractivity contribution in [2.75, 3.05) is 5.73 Å². The maximum Gasteiger partial charge on any atom is 0.164 e. The zero-order valence-corrected chi connectivity index (χ0v) is 7.60. The Kier molecular flexibility index (Phi) is 1.65. The maximum atomic E-state index is 5.75. The summed E-state index contributed by atoms with van der Waals surface area (Å²) in [4.78, 5) is 7.99. The number of nitrogens with two attached hydrogens (primary N) is 1. The van der Waals surface area contributed by atoms with E-state index in [-0.39, 0.29) is 0 Å². The minimum absolute atomic E-state index is 0.326. The molecule has 68 valence electrons. The number of hydrogen-bond acceptors (Lipinski definition) is 4. The minimum atomic E-state index is 0.326. The van der Waals surface area contributed by atoms with Gasteiger partial charge in [-0.1, -0.05) is 13.8 Å². The molecule has 0 aliphatic carbocycles. The molecule has 2 heterocycles. The van der Waals surface area contributed by atoms with Gasteiger partial charge in [0, 0.05) is 5.56 Å². The lowest BCUT2D eigenvalue weighted by atomic mass is 10.1. The molecule has 0 unspecified atom stereocenters. The largest absolute Gasteiger partial charge is 0.382 e. The Hall–Kier alpha value is -1.65. The van der Waals surface area contributed by atoms with Crippen molar-refractivity contribution in [3.05, 3.63) is 18.2 Å². The number of fused-ring (bicyclic) bond motifs is 1. The molecule has 5 nitrogen and oxygen atoms in total. The highest BCUT2D eigenvalue weighted by Gasteiger charge is 2.13. The first kappa shape index (κ1) is 7.97. The summed E-state index contributed by atoms with van der Waals surface area (Å²) in [6, 6.07) is 0. The molecular formula is C8H11N5. The highest BCUT2D eigenvalue weighted by atomic mass is 15.3. The fourth-order valence-electron chi connectivity index (χ4n) is 1.40. The fraction of sp³-hybridized carbons (Fsp3) is 0.375. The van der Waals surface area contributed by atoms with E-state index in [1.807, 2.05) is 0 Å². The molecule has 0 spiro atoms. The number of hydrogen-bond donors (Lipinski definition) is 1. The van der Waals surface area contributed by atoms with Crippen LogP contribution in [0.15, 0.2) is 12.7 Å². The van der Waals surface area contributed by atoms with Gasteiger partial charge in [0.15, 0.2) is 11.5 Å². The van der Waals surface area contributed by atoms with Crippen LogP contribution >= 0.6 is 0 Å². The van der Waals surface area contributed by atoms with Gasteiger partial charge >= 0.3 is 0 Å². The lowest BCUT2D eigenvalue weighted by molar-refractivity contribution is 0.867. The Morgan fingerprint density at radius 3 is 2.92 bits per heavy atom. The second-order valence-electron chi connectivity index (χ2n) is 3.23. The van der Waals surface area contributed by atoms with Crippen molar-refractivity contribution in [2.45, 2.75) is 19.8 Å². The Morgan fingerprint density at radius 2 is 2.23 bits per heavy atom. The Labute approximate surface area is 75.6 Å². The zero-order chi connectivity index (χ0) is 9.42. The average molecular weight is 177 g/mol. The topological polar surface area (TPSA) is 69.1 Å². The van der Waals surface area contributed by atoms with Crippen LogP contribution in [0.1, 0.15) is 25.3 Å². The van der Waals surface area contributed by atoms with Crippen LogP contribution in [-0.2, 0) is 0 Å². The molecule has 2 rings (SSSR count). The van der Waals surface area contributed by atoms with Crippen molar-refractivity contribution >= 4 is 11.5 Å². The molecule has 2 aromatic heterocycles. The smallest absolute Gasteiger partial charge is 0.164 e. The van der Waals surface area contributed by atoms with E-state index in [2.05, 4.69) is 28.9 Å². The van der Waals surface area contributed by atoms with Gasteiger partial charge in [-0.3, -0.25) is 0 Å². The van der Waals surface area contributed by atoms with Gasteiger partial charge in [0.2, 0.25) is 0 Å². The number of rotatable bonds is 1. The Balaban J connectivity index is 2.78. The van der Waals surface area contributed by atoms with Crippen molar-refractivity contribution in [1.82, 2.24) is 19.6 Å². The van der Waals surface area contributed by atoms with E-state index in [4.69, 9.17) is 5.73 Å². The normalized spacial score (nSPS) is 11.3. The standard InChI is InChI=1S/C8H11N5/c1-5(2)6-7(9)12-13-4-10-3-11-8(6)13/h3-5H,1-2H3,(H2,9,12). The van der Waals surface area contributed by atoms with Gasteiger partial charge in [0.1, 0.15) is 12.7 Å². The first-order valence-electron chi connectivity index (χ1n) is 4.14. The molecular weight excluding hydrogens is 166 g/mol. The lowest BCUT2D eigenvalue weighted by Crippen LogP contribution is -1.94. The van der Waals surface area contributed by atoms with E-state index >= 15 is 0 Å². The molecule has 0 aliphatic heterocycles. The van der Waals surface area contributed by atoms with Gasteiger partial charge in [-0.05, 0) is 5.92 Å². The molecule has 0 bridgehead atoms. The van der Waals surface area contributed by atoms with Crippen LogP contribution < -0.4 is 5.73 Å². The third-order valence-electron chi connectivity index (χ3n) is 1.95. The number of nitrogen functional groups attached to an aromatic ring is 1. The third kappa shape index (κ3) is 1.12. The highest BCUT2D eigenvalue weighted by Crippen LogP contribution is 2.23. The molecule has 5 heteroatoms. The second-order valence-corrected chi connectivity index (χ2v) is 3.23. The summed E-state index contributed by atoms with van der Waals surface area (Å²) in [5.74, 6) is 0.864. The van der Waals surface area contributed by atoms with Gasteiger partial charge in [-0.25, -0.2) is 14.5 Å². The quantitative estimate of drug-likeness (QED) is 0.700. The molecule has 13 heavy (non-hydrogen) atoms. The Morgan fingerprint density at radius 1 is 1.46 bits per heavy atom. The van der Waals surface area contributed by atoms with Crippen LogP contribution in [0.25, 0.3) is 5.65 Å². The van der Waals surface area contributed by atoms with E-state index < -0.39 is 0 Å². The van der Waals surface area contributed by atoms with E-state index in [0.717, 1.165) is 11.2 Å². The lowest BCUT2D eigenvalue weighted by Gasteiger charge is -2.01. The number of aromatic nitrogens is 4. The summed E-state index contributed by atoms with van der Waals surface area (Å²) >= 11 is 0. The first-order valence-corrected chi connectivity index (χ1v) is 4.14. The van der Waals surface area contributed by atoms with Crippen LogP contribution in [0.2, 0.25) is 0 Å². The fourth-order valence-corrected chi connectivity index (χ4v) is 1.40. The molecule has 0 saturated carbocycles. The molecule has 0 amide bonds. The molecule has 0 atom stereocenters. The van der Waals surface area contributed by atoms with Crippen molar-refractivity contribution in [3.8, 4) is 0 Å². The molecule has 0 saturated heterocycles. The van der Waals surface area contributed by atoms with E-state index in [1.54, 1.807) is 10.8 Å².